The zero-order valence-corrected chi connectivity index (χ0v) is 35.2. The maximum absolute atomic E-state index is 14.4. The van der Waals surface area contributed by atoms with Crippen molar-refractivity contribution in [2.75, 3.05) is 0 Å². The topological polar surface area (TPSA) is 59.9 Å². The highest BCUT2D eigenvalue weighted by molar-refractivity contribution is 6.25. The van der Waals surface area contributed by atoms with Crippen LogP contribution in [0.15, 0.2) is 185 Å². The summed E-state index contributed by atoms with van der Waals surface area (Å²) in [6.45, 7) is 0. The molecule has 0 saturated heterocycles. The van der Waals surface area contributed by atoms with Crippen molar-refractivity contribution >= 4 is 87.5 Å². The van der Waals surface area contributed by atoms with Gasteiger partial charge < -0.3 is 18.0 Å². The third kappa shape index (κ3) is 5.77. The average Bonchev–Trinajstić information content (AvgIpc) is 4.10. The van der Waals surface area contributed by atoms with Gasteiger partial charge in [0.15, 0.2) is 0 Å². The fourth-order valence-electron chi connectivity index (χ4n) is 10.2. The van der Waals surface area contributed by atoms with Crippen molar-refractivity contribution < 1.29 is 35.2 Å². The lowest BCUT2D eigenvalue weighted by Gasteiger charge is -2.20. The summed E-state index contributed by atoms with van der Waals surface area (Å²) in [5.41, 5.74) is 5.43. The van der Waals surface area contributed by atoms with Crippen LogP contribution >= 0.6 is 0 Å². The Labute approximate surface area is 380 Å². The second kappa shape index (κ2) is 14.1. The van der Waals surface area contributed by atoms with Crippen LogP contribution in [0.25, 0.3) is 121 Å². The molecule has 5 nitrogen and oxygen atoms in total. The molecule has 0 bridgehead atoms. The van der Waals surface area contributed by atoms with E-state index >= 15 is 0 Å². The van der Waals surface area contributed by atoms with E-state index in [1.54, 1.807) is 30.3 Å². The van der Waals surface area contributed by atoms with Crippen LogP contribution in [-0.4, -0.2) is 9.13 Å². The van der Waals surface area contributed by atoms with Gasteiger partial charge >= 0.3 is 12.4 Å². The molecule has 0 unspecified atom stereocenters. The van der Waals surface area contributed by atoms with E-state index in [9.17, 15) is 31.6 Å². The highest BCUT2D eigenvalue weighted by atomic mass is 19.4. The first-order chi connectivity index (χ1) is 32.9. The maximum atomic E-state index is 14.4. The molecule has 0 saturated carbocycles. The summed E-state index contributed by atoms with van der Waals surface area (Å²) in [4.78, 5) is 0. The van der Waals surface area contributed by atoms with E-state index in [0.29, 0.717) is 55.8 Å². The Morgan fingerprint density at radius 2 is 0.853 bits per heavy atom. The Morgan fingerprint density at radius 1 is 0.397 bits per heavy atom. The fourth-order valence-corrected chi connectivity index (χ4v) is 10.2. The van der Waals surface area contributed by atoms with Crippen LogP contribution in [-0.2, 0) is 12.4 Å². The van der Waals surface area contributed by atoms with Gasteiger partial charge in [0.25, 0.3) is 0 Å². The standard InChI is InChI=1S/C57H29F6N3O2/c58-56(59,60)34-26-33(27-35(29-34)57(61,62)63)32-18-20-37(49(28-32)66-45-14-6-2-12-43(45)53-47(66)24-22-41-39-10-4-8-16-51(39)68-55(41)53)36-19-17-31(30-64)25-48(36)65-44-13-5-1-11-42(44)52-46(65)23-21-40-38-9-3-7-15-50(38)67-54(40)52/h1-29H. The molecule has 0 aliphatic carbocycles. The molecule has 0 aliphatic rings. The van der Waals surface area contributed by atoms with Crippen molar-refractivity contribution in [1.29, 1.82) is 5.26 Å². The maximum Gasteiger partial charge on any atom is 0.416 e. The van der Waals surface area contributed by atoms with E-state index in [4.69, 9.17) is 8.83 Å². The summed E-state index contributed by atoms with van der Waals surface area (Å²) in [7, 11) is 0. The van der Waals surface area contributed by atoms with Crippen LogP contribution < -0.4 is 0 Å². The molecule has 0 N–H and O–H groups in total. The molecule has 68 heavy (non-hydrogen) atoms. The summed E-state index contributed by atoms with van der Waals surface area (Å²) in [6, 6.07) is 53.3. The van der Waals surface area contributed by atoms with Crippen molar-refractivity contribution in [2.45, 2.75) is 12.4 Å². The second-order valence-electron chi connectivity index (χ2n) is 16.9. The van der Waals surface area contributed by atoms with E-state index in [0.717, 1.165) is 71.8 Å². The number of alkyl halides is 6. The predicted octanol–water partition coefficient (Wildman–Crippen LogP) is 16.9. The van der Waals surface area contributed by atoms with Crippen molar-refractivity contribution in [3.05, 3.63) is 193 Å². The van der Waals surface area contributed by atoms with Gasteiger partial charge in [0.05, 0.1) is 67.0 Å². The van der Waals surface area contributed by atoms with Gasteiger partial charge in [-0.05, 0) is 96.1 Å². The second-order valence-corrected chi connectivity index (χ2v) is 16.9. The molecule has 4 heterocycles. The lowest BCUT2D eigenvalue weighted by molar-refractivity contribution is -0.143. The number of nitriles is 1. The number of nitrogens with zero attached hydrogens (tertiary/aromatic N) is 3. The lowest BCUT2D eigenvalue weighted by atomic mass is 9.94. The molecule has 4 aromatic heterocycles. The Morgan fingerprint density at radius 3 is 1.35 bits per heavy atom. The molecule has 13 rings (SSSR count). The molecule has 11 heteroatoms. The number of rotatable bonds is 4. The lowest BCUT2D eigenvalue weighted by Crippen LogP contribution is -2.11. The molecule has 9 aromatic carbocycles. The van der Waals surface area contributed by atoms with Gasteiger partial charge in [-0.25, -0.2) is 0 Å². The number of furan rings is 2. The highest BCUT2D eigenvalue weighted by Gasteiger charge is 2.37. The van der Waals surface area contributed by atoms with Crippen molar-refractivity contribution in [3.8, 4) is 39.7 Å². The first-order valence-corrected chi connectivity index (χ1v) is 21.6. The molecule has 0 radical (unpaired) electrons. The SMILES string of the molecule is N#Cc1ccc(-c2ccc(-c3cc(C(F)(F)F)cc(C(F)(F)F)c3)cc2-n2c3ccccc3c3c4oc5ccccc5c4ccc32)c(-n2c3ccccc3c3c4oc5ccccc5c4ccc32)c1. The number of para-hydroxylation sites is 4. The number of hydrogen-bond acceptors (Lipinski definition) is 3. The van der Waals surface area contributed by atoms with Gasteiger partial charge in [0.1, 0.15) is 22.3 Å². The van der Waals surface area contributed by atoms with E-state index < -0.39 is 23.5 Å². The Bertz CT molecular complexity index is 4300. The minimum Gasteiger partial charge on any atom is -0.455 e. The summed E-state index contributed by atoms with van der Waals surface area (Å²) < 4.78 is 104. The van der Waals surface area contributed by atoms with Crippen LogP contribution in [0, 0.1) is 11.3 Å². The normalized spacial score (nSPS) is 12.5. The monoisotopic (exact) mass is 901 g/mol. The van der Waals surface area contributed by atoms with Crippen molar-refractivity contribution in [3.63, 3.8) is 0 Å². The smallest absolute Gasteiger partial charge is 0.416 e. The summed E-state index contributed by atoms with van der Waals surface area (Å²) >= 11 is 0. The Balaban J connectivity index is 1.15. The van der Waals surface area contributed by atoms with Crippen LogP contribution in [0.5, 0.6) is 0 Å². The Hall–Kier alpha value is -8.75. The largest absolute Gasteiger partial charge is 0.455 e. The first kappa shape index (κ1) is 39.6. The van der Waals surface area contributed by atoms with E-state index in [1.165, 1.54) is 0 Å². The molecule has 0 amide bonds. The molecule has 0 atom stereocenters. The van der Waals surface area contributed by atoms with Crippen LogP contribution in [0.3, 0.4) is 0 Å². The van der Waals surface area contributed by atoms with E-state index in [-0.39, 0.29) is 17.2 Å². The van der Waals surface area contributed by atoms with Crippen LogP contribution in [0.4, 0.5) is 26.3 Å². The zero-order valence-electron chi connectivity index (χ0n) is 35.2. The number of benzene rings is 9. The van der Waals surface area contributed by atoms with Gasteiger partial charge in [0, 0.05) is 43.4 Å². The van der Waals surface area contributed by atoms with Gasteiger partial charge in [-0.1, -0.05) is 91.0 Å². The van der Waals surface area contributed by atoms with Crippen molar-refractivity contribution in [1.82, 2.24) is 9.13 Å². The van der Waals surface area contributed by atoms with Gasteiger partial charge in [0.2, 0.25) is 0 Å². The summed E-state index contributed by atoms with van der Waals surface area (Å²) in [5.74, 6) is 0. The van der Waals surface area contributed by atoms with Crippen LogP contribution in [0.1, 0.15) is 16.7 Å². The third-order valence-electron chi connectivity index (χ3n) is 13.2. The average molecular weight is 902 g/mol. The summed E-state index contributed by atoms with van der Waals surface area (Å²) in [5, 5.41) is 17.5. The fraction of sp³-hybridized carbons (Fsp3) is 0.0351. The molecular formula is C57H29F6N3O2. The minimum atomic E-state index is -5.06. The number of hydrogen-bond donors (Lipinski definition) is 0. The molecule has 0 aliphatic heterocycles. The van der Waals surface area contributed by atoms with Gasteiger partial charge in [-0.2, -0.15) is 31.6 Å². The van der Waals surface area contributed by atoms with Gasteiger partial charge in [-0.15, -0.1) is 0 Å². The van der Waals surface area contributed by atoms with Crippen molar-refractivity contribution in [2.24, 2.45) is 0 Å². The minimum absolute atomic E-state index is 0.121. The highest BCUT2D eigenvalue weighted by Crippen LogP contribution is 2.47. The number of fused-ring (bicyclic) bond motifs is 14. The first-order valence-electron chi connectivity index (χ1n) is 21.6. The van der Waals surface area contributed by atoms with E-state index in [2.05, 4.69) is 10.6 Å². The van der Waals surface area contributed by atoms with Crippen LogP contribution in [0.2, 0.25) is 0 Å². The molecule has 0 fully saturated rings. The molecule has 0 spiro atoms. The Kier molecular flexibility index (Phi) is 8.23. The number of aromatic nitrogens is 2. The zero-order chi connectivity index (χ0) is 46.2. The summed E-state index contributed by atoms with van der Waals surface area (Å²) in [6.07, 6.45) is -10.1. The predicted molar refractivity (Wildman–Crippen MR) is 255 cm³/mol. The third-order valence-corrected chi connectivity index (χ3v) is 13.2. The molecular weight excluding hydrogens is 873 g/mol. The molecule has 326 valence electrons. The van der Waals surface area contributed by atoms with Gasteiger partial charge in [-0.3, -0.25) is 0 Å². The number of halogens is 6. The quantitative estimate of drug-likeness (QED) is 0.165. The molecule has 13 aromatic rings. The van der Waals surface area contributed by atoms with E-state index in [1.807, 2.05) is 132 Å².